The van der Waals surface area contributed by atoms with Crippen molar-refractivity contribution in [3.63, 3.8) is 0 Å². The van der Waals surface area contributed by atoms with Crippen molar-refractivity contribution in [1.82, 2.24) is 10.3 Å². The van der Waals surface area contributed by atoms with Gasteiger partial charge in [0.05, 0.1) is 0 Å². The summed E-state index contributed by atoms with van der Waals surface area (Å²) < 4.78 is 0. The van der Waals surface area contributed by atoms with Gasteiger partial charge in [-0.2, -0.15) is 0 Å². The van der Waals surface area contributed by atoms with Crippen LogP contribution in [0.3, 0.4) is 0 Å². The predicted molar refractivity (Wildman–Crippen MR) is 104 cm³/mol. The fourth-order valence-electron chi connectivity index (χ4n) is 3.23. The predicted octanol–water partition coefficient (Wildman–Crippen LogP) is 4.42. The van der Waals surface area contributed by atoms with Crippen molar-refractivity contribution in [1.29, 1.82) is 0 Å². The SMILES string of the molecule is CCCCCCCCCC(=O)N[C@H](Cc1c[nH]c2ccccc12)C(=O)O. The molecule has 1 aromatic carbocycles. The van der Waals surface area contributed by atoms with Crippen LogP contribution in [0, 0.1) is 0 Å². The van der Waals surface area contributed by atoms with Crippen LogP contribution < -0.4 is 5.32 Å². The summed E-state index contributed by atoms with van der Waals surface area (Å²) in [6.07, 6.45) is 10.5. The Morgan fingerprint density at radius 1 is 1.08 bits per heavy atom. The summed E-state index contributed by atoms with van der Waals surface area (Å²) >= 11 is 0. The molecule has 0 aliphatic carbocycles. The molecule has 26 heavy (non-hydrogen) atoms. The average molecular weight is 358 g/mol. The van der Waals surface area contributed by atoms with Crippen molar-refractivity contribution in [3.8, 4) is 0 Å². The van der Waals surface area contributed by atoms with E-state index in [1.54, 1.807) is 0 Å². The lowest BCUT2D eigenvalue weighted by molar-refractivity contribution is -0.141. The number of amides is 1. The van der Waals surface area contributed by atoms with Crippen LogP contribution in [0.25, 0.3) is 10.9 Å². The van der Waals surface area contributed by atoms with Crippen molar-refractivity contribution in [2.45, 2.75) is 70.8 Å². The molecule has 0 radical (unpaired) electrons. The van der Waals surface area contributed by atoms with Crippen LogP contribution in [-0.4, -0.2) is 28.0 Å². The van der Waals surface area contributed by atoms with Crippen LogP contribution in [-0.2, 0) is 16.0 Å². The molecule has 3 N–H and O–H groups in total. The highest BCUT2D eigenvalue weighted by Gasteiger charge is 2.21. The highest BCUT2D eigenvalue weighted by atomic mass is 16.4. The molecule has 2 aromatic rings. The Hall–Kier alpha value is -2.30. The molecule has 5 nitrogen and oxygen atoms in total. The number of carbonyl (C=O) groups excluding carboxylic acids is 1. The third-order valence-electron chi connectivity index (χ3n) is 4.74. The fraction of sp³-hybridized carbons (Fsp3) is 0.524. The van der Waals surface area contributed by atoms with E-state index in [-0.39, 0.29) is 12.3 Å². The summed E-state index contributed by atoms with van der Waals surface area (Å²) in [6, 6.07) is 6.87. The lowest BCUT2D eigenvalue weighted by Gasteiger charge is -2.14. The topological polar surface area (TPSA) is 82.2 Å². The molecule has 1 atom stereocenters. The van der Waals surface area contributed by atoms with Crippen molar-refractivity contribution < 1.29 is 14.7 Å². The number of fused-ring (bicyclic) bond motifs is 1. The van der Waals surface area contributed by atoms with Crippen LogP contribution in [0.5, 0.6) is 0 Å². The lowest BCUT2D eigenvalue weighted by atomic mass is 10.0. The molecule has 2 rings (SSSR count). The molecule has 0 bridgehead atoms. The summed E-state index contributed by atoms with van der Waals surface area (Å²) in [4.78, 5) is 26.8. The summed E-state index contributed by atoms with van der Waals surface area (Å²) in [5.74, 6) is -1.17. The van der Waals surface area contributed by atoms with Crippen LogP contribution >= 0.6 is 0 Å². The quantitative estimate of drug-likeness (QED) is 0.491. The zero-order chi connectivity index (χ0) is 18.8. The van der Waals surface area contributed by atoms with Gasteiger partial charge >= 0.3 is 5.97 Å². The Bertz CT molecular complexity index is 708. The number of carboxylic acids is 1. The normalized spacial score (nSPS) is 12.2. The zero-order valence-corrected chi connectivity index (χ0v) is 15.6. The number of rotatable bonds is 12. The standard InChI is InChI=1S/C21H30N2O3/c1-2-3-4-5-6-7-8-13-20(24)23-19(21(25)26)14-16-15-22-18-12-10-9-11-17(16)18/h9-12,15,19,22H,2-8,13-14H2,1H3,(H,23,24)(H,25,26)/t19-/m1/s1. The van der Waals surface area contributed by atoms with Gasteiger partial charge in [-0.25, -0.2) is 4.79 Å². The largest absolute Gasteiger partial charge is 0.480 e. The first kappa shape index (κ1) is 20.0. The number of carbonyl (C=O) groups is 2. The number of unbranched alkanes of at least 4 members (excludes halogenated alkanes) is 6. The van der Waals surface area contributed by atoms with E-state index >= 15 is 0 Å². The Balaban J connectivity index is 1.79. The molecule has 0 spiro atoms. The van der Waals surface area contributed by atoms with Crippen molar-refractivity contribution in [3.05, 3.63) is 36.0 Å². The van der Waals surface area contributed by atoms with Gasteiger partial charge in [0, 0.05) is 29.9 Å². The maximum atomic E-state index is 12.1. The van der Waals surface area contributed by atoms with E-state index in [1.807, 2.05) is 30.5 Å². The minimum absolute atomic E-state index is 0.175. The van der Waals surface area contributed by atoms with Crippen LogP contribution in [0.4, 0.5) is 0 Å². The summed E-state index contributed by atoms with van der Waals surface area (Å²) in [5.41, 5.74) is 1.88. The molecule has 0 saturated carbocycles. The summed E-state index contributed by atoms with van der Waals surface area (Å²) in [6.45, 7) is 2.19. The number of H-pyrrole nitrogens is 1. The second kappa shape index (κ2) is 10.6. The molecule has 1 amide bonds. The third kappa shape index (κ3) is 6.21. The van der Waals surface area contributed by atoms with Crippen LogP contribution in [0.15, 0.2) is 30.5 Å². The van der Waals surface area contributed by atoms with Crippen LogP contribution in [0.2, 0.25) is 0 Å². The van der Waals surface area contributed by atoms with Gasteiger partial charge in [0.25, 0.3) is 0 Å². The number of aromatic nitrogens is 1. The maximum absolute atomic E-state index is 12.1. The van der Waals surface area contributed by atoms with Crippen molar-refractivity contribution in [2.24, 2.45) is 0 Å². The van der Waals surface area contributed by atoms with Gasteiger partial charge in [-0.3, -0.25) is 4.79 Å². The van der Waals surface area contributed by atoms with Gasteiger partial charge in [0.1, 0.15) is 6.04 Å². The van der Waals surface area contributed by atoms with Gasteiger partial charge < -0.3 is 15.4 Å². The number of aromatic amines is 1. The molecule has 0 unspecified atom stereocenters. The van der Waals surface area contributed by atoms with E-state index < -0.39 is 12.0 Å². The Morgan fingerprint density at radius 3 is 2.50 bits per heavy atom. The molecule has 142 valence electrons. The smallest absolute Gasteiger partial charge is 0.326 e. The van der Waals surface area contributed by atoms with Crippen LogP contribution in [0.1, 0.15) is 63.9 Å². The van der Waals surface area contributed by atoms with Gasteiger partial charge in [0.15, 0.2) is 0 Å². The van der Waals surface area contributed by atoms with Gasteiger partial charge in [-0.05, 0) is 18.1 Å². The number of aliphatic carboxylic acids is 1. The number of nitrogens with one attached hydrogen (secondary N) is 2. The fourth-order valence-corrected chi connectivity index (χ4v) is 3.23. The Morgan fingerprint density at radius 2 is 1.77 bits per heavy atom. The van der Waals surface area contributed by atoms with E-state index in [2.05, 4.69) is 17.2 Å². The molecule has 0 saturated heterocycles. The van der Waals surface area contributed by atoms with Crippen molar-refractivity contribution >= 4 is 22.8 Å². The molecular weight excluding hydrogens is 328 g/mol. The number of hydrogen-bond donors (Lipinski definition) is 3. The first-order valence-electron chi connectivity index (χ1n) is 9.69. The summed E-state index contributed by atoms with van der Waals surface area (Å²) in [5, 5.41) is 13.1. The molecule has 0 fully saturated rings. The molecule has 1 heterocycles. The molecule has 5 heteroatoms. The monoisotopic (exact) mass is 358 g/mol. The molecule has 0 aliphatic heterocycles. The van der Waals surface area contributed by atoms with Gasteiger partial charge in [0.2, 0.25) is 5.91 Å². The average Bonchev–Trinajstić information content (AvgIpc) is 3.03. The first-order chi connectivity index (χ1) is 12.6. The highest BCUT2D eigenvalue weighted by molar-refractivity contribution is 5.86. The Kier molecular flexibility index (Phi) is 8.19. The second-order valence-electron chi connectivity index (χ2n) is 6.89. The van der Waals surface area contributed by atoms with Gasteiger partial charge in [-0.1, -0.05) is 63.6 Å². The number of benzene rings is 1. The van der Waals surface area contributed by atoms with Gasteiger partial charge in [-0.15, -0.1) is 0 Å². The molecule has 0 aliphatic rings. The lowest BCUT2D eigenvalue weighted by Crippen LogP contribution is -2.42. The number of carboxylic acid groups (broad SMARTS) is 1. The van der Waals surface area contributed by atoms with E-state index in [0.717, 1.165) is 35.7 Å². The van der Waals surface area contributed by atoms with E-state index in [9.17, 15) is 14.7 Å². The molecule has 1 aromatic heterocycles. The molecular formula is C21H30N2O3. The Labute approximate surface area is 155 Å². The van der Waals surface area contributed by atoms with E-state index in [1.165, 1.54) is 25.7 Å². The van der Waals surface area contributed by atoms with E-state index in [4.69, 9.17) is 0 Å². The second-order valence-corrected chi connectivity index (χ2v) is 6.89. The van der Waals surface area contributed by atoms with E-state index in [0.29, 0.717) is 6.42 Å². The summed E-state index contributed by atoms with van der Waals surface area (Å²) in [7, 11) is 0. The number of para-hydroxylation sites is 1. The number of hydrogen-bond acceptors (Lipinski definition) is 2. The van der Waals surface area contributed by atoms with Crippen molar-refractivity contribution in [2.75, 3.05) is 0 Å². The highest BCUT2D eigenvalue weighted by Crippen LogP contribution is 2.19. The maximum Gasteiger partial charge on any atom is 0.326 e. The minimum atomic E-state index is -0.997. The third-order valence-corrected chi connectivity index (χ3v) is 4.74. The zero-order valence-electron chi connectivity index (χ0n) is 15.6. The minimum Gasteiger partial charge on any atom is -0.480 e. The first-order valence-corrected chi connectivity index (χ1v) is 9.69.